The van der Waals surface area contributed by atoms with Crippen LogP contribution in [0.15, 0.2) is 18.2 Å². The van der Waals surface area contributed by atoms with Crippen LogP contribution in [0.4, 0.5) is 5.69 Å². The Labute approximate surface area is 155 Å². The summed E-state index contributed by atoms with van der Waals surface area (Å²) in [5.41, 5.74) is 2.28. The van der Waals surface area contributed by atoms with Crippen molar-refractivity contribution in [2.45, 2.75) is 64.0 Å². The highest BCUT2D eigenvalue weighted by Crippen LogP contribution is 2.33. The lowest BCUT2D eigenvalue weighted by Gasteiger charge is -2.46. The molecule has 2 fully saturated rings. The molecule has 1 saturated heterocycles. The van der Waals surface area contributed by atoms with Crippen molar-refractivity contribution >= 4 is 17.5 Å². The monoisotopic (exact) mass is 355 g/mol. The SMILES string of the molecule is Cc1ccc2c(c1)C(=O)NC1(CCN(C(=O)CCC3CCCC3)CC1)N2. The average molecular weight is 355 g/mol. The zero-order valence-electron chi connectivity index (χ0n) is 15.6. The third-order valence-electron chi connectivity index (χ3n) is 6.36. The van der Waals surface area contributed by atoms with Crippen molar-refractivity contribution < 1.29 is 9.59 Å². The Bertz CT molecular complexity index is 701. The number of fused-ring (bicyclic) bond motifs is 1. The molecule has 1 saturated carbocycles. The summed E-state index contributed by atoms with van der Waals surface area (Å²) < 4.78 is 0. The van der Waals surface area contributed by atoms with E-state index in [9.17, 15) is 9.59 Å². The Morgan fingerprint density at radius 2 is 1.92 bits per heavy atom. The second-order valence-corrected chi connectivity index (χ2v) is 8.28. The van der Waals surface area contributed by atoms with Crippen LogP contribution in [0.3, 0.4) is 0 Å². The van der Waals surface area contributed by atoms with Gasteiger partial charge in [0.1, 0.15) is 5.66 Å². The molecular weight excluding hydrogens is 326 g/mol. The van der Waals surface area contributed by atoms with E-state index in [0.29, 0.717) is 25.1 Å². The van der Waals surface area contributed by atoms with E-state index in [1.54, 1.807) is 0 Å². The maximum Gasteiger partial charge on any atom is 0.255 e. The Balaban J connectivity index is 1.35. The van der Waals surface area contributed by atoms with Crippen molar-refractivity contribution in [1.29, 1.82) is 0 Å². The second kappa shape index (κ2) is 6.93. The molecule has 140 valence electrons. The zero-order chi connectivity index (χ0) is 18.1. The molecule has 0 radical (unpaired) electrons. The number of anilines is 1. The Morgan fingerprint density at radius 3 is 2.65 bits per heavy atom. The summed E-state index contributed by atoms with van der Waals surface area (Å²) in [4.78, 5) is 27.1. The summed E-state index contributed by atoms with van der Waals surface area (Å²) in [5.74, 6) is 1.03. The first-order valence-corrected chi connectivity index (χ1v) is 10.0. The largest absolute Gasteiger partial charge is 0.362 e. The highest BCUT2D eigenvalue weighted by atomic mass is 16.2. The van der Waals surface area contributed by atoms with E-state index >= 15 is 0 Å². The molecular formula is C21H29N3O2. The molecule has 5 nitrogen and oxygen atoms in total. The zero-order valence-corrected chi connectivity index (χ0v) is 15.6. The first kappa shape index (κ1) is 17.4. The lowest BCUT2D eigenvalue weighted by Crippen LogP contribution is -2.62. The van der Waals surface area contributed by atoms with E-state index < -0.39 is 5.66 Å². The summed E-state index contributed by atoms with van der Waals surface area (Å²) in [6.07, 6.45) is 8.48. The van der Waals surface area contributed by atoms with Crippen molar-refractivity contribution in [3.8, 4) is 0 Å². The van der Waals surface area contributed by atoms with Crippen molar-refractivity contribution in [3.63, 3.8) is 0 Å². The number of nitrogens with one attached hydrogen (secondary N) is 2. The van der Waals surface area contributed by atoms with E-state index in [4.69, 9.17) is 0 Å². The van der Waals surface area contributed by atoms with Crippen LogP contribution >= 0.6 is 0 Å². The number of aryl methyl sites for hydroxylation is 1. The van der Waals surface area contributed by atoms with Crippen LogP contribution in [0.5, 0.6) is 0 Å². The van der Waals surface area contributed by atoms with Crippen LogP contribution < -0.4 is 10.6 Å². The summed E-state index contributed by atoms with van der Waals surface area (Å²) >= 11 is 0. The molecule has 0 aromatic heterocycles. The number of piperidine rings is 1. The Morgan fingerprint density at radius 1 is 1.19 bits per heavy atom. The second-order valence-electron chi connectivity index (χ2n) is 8.28. The standard InChI is InChI=1S/C21H29N3O2/c1-15-6-8-18-17(14-15)20(26)23-21(22-18)10-12-24(13-11-21)19(25)9-7-16-4-2-3-5-16/h6,8,14,16,22H,2-5,7,9-13H2,1H3,(H,23,26). The highest BCUT2D eigenvalue weighted by molar-refractivity contribution is 6.02. The van der Waals surface area contributed by atoms with Crippen LogP contribution in [-0.4, -0.2) is 35.5 Å². The molecule has 2 aliphatic heterocycles. The van der Waals surface area contributed by atoms with E-state index in [1.807, 2.05) is 30.0 Å². The predicted octanol–water partition coefficient (Wildman–Crippen LogP) is 3.44. The first-order valence-electron chi connectivity index (χ1n) is 10.0. The number of nitrogens with zero attached hydrogens (tertiary/aromatic N) is 1. The molecule has 4 rings (SSSR count). The smallest absolute Gasteiger partial charge is 0.255 e. The molecule has 3 aliphatic rings. The van der Waals surface area contributed by atoms with Gasteiger partial charge >= 0.3 is 0 Å². The van der Waals surface area contributed by atoms with Gasteiger partial charge in [0.2, 0.25) is 5.91 Å². The predicted molar refractivity (Wildman–Crippen MR) is 102 cm³/mol. The number of amides is 2. The molecule has 5 heteroatoms. The molecule has 2 amide bonds. The summed E-state index contributed by atoms with van der Waals surface area (Å²) in [7, 11) is 0. The molecule has 0 unspecified atom stereocenters. The summed E-state index contributed by atoms with van der Waals surface area (Å²) in [6.45, 7) is 3.41. The molecule has 2 N–H and O–H groups in total. The minimum absolute atomic E-state index is 0.0107. The number of carbonyl (C=O) groups excluding carboxylic acids is 2. The number of hydrogen-bond acceptors (Lipinski definition) is 3. The maximum absolute atomic E-state index is 12.5. The van der Waals surface area contributed by atoms with Crippen LogP contribution in [0.25, 0.3) is 0 Å². The van der Waals surface area contributed by atoms with Gasteiger partial charge in [0.15, 0.2) is 0 Å². The minimum atomic E-state index is -0.415. The molecule has 26 heavy (non-hydrogen) atoms. The van der Waals surface area contributed by atoms with Crippen LogP contribution in [0, 0.1) is 12.8 Å². The van der Waals surface area contributed by atoms with Crippen molar-refractivity contribution in [3.05, 3.63) is 29.3 Å². The summed E-state index contributed by atoms with van der Waals surface area (Å²) in [6, 6.07) is 5.94. The summed E-state index contributed by atoms with van der Waals surface area (Å²) in [5, 5.41) is 6.70. The van der Waals surface area contributed by atoms with Crippen molar-refractivity contribution in [2.24, 2.45) is 5.92 Å². The number of benzene rings is 1. The van der Waals surface area contributed by atoms with Gasteiger partial charge in [-0.25, -0.2) is 0 Å². The van der Waals surface area contributed by atoms with E-state index in [1.165, 1.54) is 25.7 Å². The normalized spacial score (nSPS) is 22.0. The van der Waals surface area contributed by atoms with Gasteiger partial charge in [0, 0.05) is 38.0 Å². The number of carbonyl (C=O) groups is 2. The minimum Gasteiger partial charge on any atom is -0.362 e. The quantitative estimate of drug-likeness (QED) is 0.873. The average Bonchev–Trinajstić information content (AvgIpc) is 3.15. The third kappa shape index (κ3) is 3.44. The molecule has 0 bridgehead atoms. The fourth-order valence-electron chi connectivity index (χ4n) is 4.70. The van der Waals surface area contributed by atoms with Gasteiger partial charge in [-0.1, -0.05) is 37.3 Å². The fourth-order valence-corrected chi connectivity index (χ4v) is 4.70. The van der Waals surface area contributed by atoms with E-state index in [0.717, 1.165) is 36.4 Å². The third-order valence-corrected chi connectivity index (χ3v) is 6.36. The van der Waals surface area contributed by atoms with E-state index in [2.05, 4.69) is 10.6 Å². The van der Waals surface area contributed by atoms with Crippen LogP contribution in [-0.2, 0) is 4.79 Å². The van der Waals surface area contributed by atoms with Crippen LogP contribution in [0.2, 0.25) is 0 Å². The number of likely N-dealkylation sites (tertiary alicyclic amines) is 1. The highest BCUT2D eigenvalue weighted by Gasteiger charge is 2.40. The number of rotatable bonds is 3. The lowest BCUT2D eigenvalue weighted by molar-refractivity contribution is -0.133. The molecule has 1 spiro atoms. The first-order chi connectivity index (χ1) is 12.5. The van der Waals surface area contributed by atoms with Gasteiger partial charge < -0.3 is 15.5 Å². The van der Waals surface area contributed by atoms with Gasteiger partial charge in [0.05, 0.1) is 5.56 Å². The fraction of sp³-hybridized carbons (Fsp3) is 0.619. The Hall–Kier alpha value is -2.04. The molecule has 1 aromatic rings. The van der Waals surface area contributed by atoms with Crippen molar-refractivity contribution in [2.75, 3.05) is 18.4 Å². The van der Waals surface area contributed by atoms with Gasteiger partial charge in [-0.05, 0) is 31.4 Å². The van der Waals surface area contributed by atoms with E-state index in [-0.39, 0.29) is 11.8 Å². The van der Waals surface area contributed by atoms with Crippen molar-refractivity contribution in [1.82, 2.24) is 10.2 Å². The van der Waals surface area contributed by atoms with Crippen LogP contribution in [0.1, 0.15) is 67.3 Å². The molecule has 2 heterocycles. The lowest BCUT2D eigenvalue weighted by atomic mass is 9.91. The van der Waals surface area contributed by atoms with Gasteiger partial charge in [-0.15, -0.1) is 0 Å². The maximum atomic E-state index is 12.5. The molecule has 1 aromatic carbocycles. The number of hydrogen-bond donors (Lipinski definition) is 2. The molecule has 1 aliphatic carbocycles. The Kier molecular flexibility index (Phi) is 4.63. The van der Waals surface area contributed by atoms with Gasteiger partial charge in [0.25, 0.3) is 5.91 Å². The van der Waals surface area contributed by atoms with Gasteiger partial charge in [-0.3, -0.25) is 9.59 Å². The topological polar surface area (TPSA) is 61.4 Å². The van der Waals surface area contributed by atoms with Gasteiger partial charge in [-0.2, -0.15) is 0 Å². The molecule has 0 atom stereocenters.